The lowest BCUT2D eigenvalue weighted by atomic mass is 10.1. The fraction of sp³-hybridized carbons (Fsp3) is 0.417. The van der Waals surface area contributed by atoms with Crippen LogP contribution >= 0.6 is 0 Å². The molecule has 2 rings (SSSR count). The predicted molar refractivity (Wildman–Crippen MR) is 62.3 cm³/mol. The van der Waals surface area contributed by atoms with Gasteiger partial charge in [-0.2, -0.15) is 0 Å². The first-order chi connectivity index (χ1) is 7.15. The average molecular weight is 204 g/mol. The lowest BCUT2D eigenvalue weighted by Crippen LogP contribution is -2.18. The summed E-state index contributed by atoms with van der Waals surface area (Å²) in [5.74, 6) is 0. The lowest BCUT2D eigenvalue weighted by Gasteiger charge is -2.07. The zero-order valence-corrected chi connectivity index (χ0v) is 9.37. The summed E-state index contributed by atoms with van der Waals surface area (Å²) in [6.45, 7) is 6.14. The third-order valence-electron chi connectivity index (χ3n) is 2.74. The maximum atomic E-state index is 11.8. The van der Waals surface area contributed by atoms with Crippen molar-refractivity contribution in [3.63, 3.8) is 0 Å². The van der Waals surface area contributed by atoms with Gasteiger partial charge in [-0.15, -0.1) is 0 Å². The molecule has 0 aliphatic rings. The highest BCUT2D eigenvalue weighted by Gasteiger charge is 2.10. The topological polar surface area (TPSA) is 37.8 Å². The van der Waals surface area contributed by atoms with Crippen molar-refractivity contribution in [3.05, 3.63) is 34.2 Å². The molecule has 3 heteroatoms. The molecule has 0 aliphatic carbocycles. The first kappa shape index (κ1) is 10.0. The third kappa shape index (κ3) is 1.48. The second-order valence-electron chi connectivity index (χ2n) is 4.06. The molecule has 15 heavy (non-hydrogen) atoms. The highest BCUT2D eigenvalue weighted by atomic mass is 16.1. The van der Waals surface area contributed by atoms with E-state index in [0.717, 1.165) is 17.5 Å². The molecule has 0 fully saturated rings. The number of aromatic nitrogens is 2. The fourth-order valence-corrected chi connectivity index (χ4v) is 2.02. The third-order valence-corrected chi connectivity index (χ3v) is 2.74. The van der Waals surface area contributed by atoms with Crippen LogP contribution in [0.25, 0.3) is 11.0 Å². The van der Waals surface area contributed by atoms with E-state index in [2.05, 4.69) is 18.0 Å². The zero-order chi connectivity index (χ0) is 11.0. The Kier molecular flexibility index (Phi) is 2.39. The zero-order valence-electron chi connectivity index (χ0n) is 9.37. The number of benzene rings is 1. The second-order valence-corrected chi connectivity index (χ2v) is 4.06. The fourth-order valence-electron chi connectivity index (χ4n) is 2.02. The van der Waals surface area contributed by atoms with E-state index in [4.69, 9.17) is 0 Å². The van der Waals surface area contributed by atoms with Gasteiger partial charge in [-0.25, -0.2) is 4.79 Å². The summed E-state index contributed by atoms with van der Waals surface area (Å²) < 4.78 is 1.80. The Balaban J connectivity index is 2.84. The van der Waals surface area contributed by atoms with E-state index in [1.165, 1.54) is 5.56 Å². The van der Waals surface area contributed by atoms with Crippen LogP contribution in [-0.2, 0) is 6.42 Å². The van der Waals surface area contributed by atoms with Crippen LogP contribution in [0.3, 0.4) is 0 Å². The van der Waals surface area contributed by atoms with E-state index in [0.29, 0.717) is 0 Å². The largest absolute Gasteiger partial charge is 0.326 e. The molecule has 1 aromatic carbocycles. The maximum absolute atomic E-state index is 11.8. The highest BCUT2D eigenvalue weighted by molar-refractivity contribution is 5.79. The van der Waals surface area contributed by atoms with Gasteiger partial charge in [0.15, 0.2) is 0 Å². The number of para-hydroxylation sites is 1. The quantitative estimate of drug-likeness (QED) is 0.801. The lowest BCUT2D eigenvalue weighted by molar-refractivity contribution is 0.598. The molecule has 0 saturated heterocycles. The van der Waals surface area contributed by atoms with Gasteiger partial charge in [0.2, 0.25) is 0 Å². The van der Waals surface area contributed by atoms with E-state index >= 15 is 0 Å². The van der Waals surface area contributed by atoms with Gasteiger partial charge in [-0.1, -0.05) is 19.1 Å². The summed E-state index contributed by atoms with van der Waals surface area (Å²) in [5.41, 5.74) is 3.18. The summed E-state index contributed by atoms with van der Waals surface area (Å²) in [6.07, 6.45) is 0.940. The molecule has 0 saturated carbocycles. The standard InChI is InChI=1S/C12H16N2O/c1-4-9-6-5-7-10-11(9)13-12(15)14(10)8(2)3/h5-8H,4H2,1-3H3,(H,13,15). The van der Waals surface area contributed by atoms with E-state index in [-0.39, 0.29) is 11.7 Å². The van der Waals surface area contributed by atoms with Crippen molar-refractivity contribution in [1.29, 1.82) is 0 Å². The summed E-state index contributed by atoms with van der Waals surface area (Å²) in [5, 5.41) is 0. The molecule has 0 radical (unpaired) electrons. The van der Waals surface area contributed by atoms with Gasteiger partial charge in [0.1, 0.15) is 0 Å². The Bertz CT molecular complexity index is 534. The van der Waals surface area contributed by atoms with Gasteiger partial charge < -0.3 is 4.98 Å². The number of hydrogen-bond acceptors (Lipinski definition) is 1. The minimum Gasteiger partial charge on any atom is -0.305 e. The number of aromatic amines is 1. The Morgan fingerprint density at radius 1 is 1.40 bits per heavy atom. The summed E-state index contributed by atoms with van der Waals surface area (Å²) in [7, 11) is 0. The van der Waals surface area contributed by atoms with Crippen LogP contribution in [0.4, 0.5) is 0 Å². The first-order valence-electron chi connectivity index (χ1n) is 5.37. The van der Waals surface area contributed by atoms with Crippen LogP contribution in [-0.4, -0.2) is 9.55 Å². The number of hydrogen-bond donors (Lipinski definition) is 1. The molecular weight excluding hydrogens is 188 g/mol. The number of fused-ring (bicyclic) bond motifs is 1. The van der Waals surface area contributed by atoms with E-state index in [1.807, 2.05) is 26.0 Å². The van der Waals surface area contributed by atoms with Crippen LogP contribution < -0.4 is 5.69 Å². The first-order valence-corrected chi connectivity index (χ1v) is 5.37. The van der Waals surface area contributed by atoms with Gasteiger partial charge in [-0.05, 0) is 31.9 Å². The SMILES string of the molecule is CCc1cccc2c1[nH]c(=O)n2C(C)C. The molecule has 0 amide bonds. The Morgan fingerprint density at radius 2 is 2.13 bits per heavy atom. The van der Waals surface area contributed by atoms with E-state index in [9.17, 15) is 4.79 Å². The van der Waals surface area contributed by atoms with Gasteiger partial charge >= 0.3 is 5.69 Å². The monoisotopic (exact) mass is 204 g/mol. The molecule has 0 spiro atoms. The molecular formula is C12H16N2O. The minimum atomic E-state index is -0.0131. The van der Waals surface area contributed by atoms with Crippen molar-refractivity contribution in [3.8, 4) is 0 Å². The highest BCUT2D eigenvalue weighted by Crippen LogP contribution is 2.18. The smallest absolute Gasteiger partial charge is 0.305 e. The summed E-state index contributed by atoms with van der Waals surface area (Å²) in [4.78, 5) is 14.7. The molecule has 80 valence electrons. The molecule has 0 atom stereocenters. The van der Waals surface area contributed by atoms with Gasteiger partial charge in [0.25, 0.3) is 0 Å². The van der Waals surface area contributed by atoms with Crippen LogP contribution in [0, 0.1) is 0 Å². The van der Waals surface area contributed by atoms with Crippen LogP contribution in [0.5, 0.6) is 0 Å². The average Bonchev–Trinajstić information content (AvgIpc) is 2.53. The van der Waals surface area contributed by atoms with Gasteiger partial charge in [0, 0.05) is 6.04 Å². The molecule has 3 nitrogen and oxygen atoms in total. The molecule has 1 heterocycles. The van der Waals surface area contributed by atoms with Crippen molar-refractivity contribution in [1.82, 2.24) is 9.55 Å². The van der Waals surface area contributed by atoms with E-state index in [1.54, 1.807) is 4.57 Å². The van der Waals surface area contributed by atoms with Gasteiger partial charge in [-0.3, -0.25) is 4.57 Å². The molecule has 0 bridgehead atoms. The number of imidazole rings is 1. The summed E-state index contributed by atoms with van der Waals surface area (Å²) in [6, 6.07) is 6.25. The molecule has 0 aliphatic heterocycles. The van der Waals surface area contributed by atoms with Crippen molar-refractivity contribution in [2.75, 3.05) is 0 Å². The normalized spacial score (nSPS) is 11.5. The van der Waals surface area contributed by atoms with Crippen LogP contribution in [0.15, 0.2) is 23.0 Å². The number of nitrogens with zero attached hydrogens (tertiary/aromatic N) is 1. The molecule has 1 N–H and O–H groups in total. The second kappa shape index (κ2) is 3.57. The van der Waals surface area contributed by atoms with Crippen LogP contribution in [0.2, 0.25) is 0 Å². The molecule has 1 aromatic heterocycles. The molecule has 0 unspecified atom stereocenters. The maximum Gasteiger partial charge on any atom is 0.326 e. The Morgan fingerprint density at radius 3 is 2.73 bits per heavy atom. The number of aryl methyl sites for hydroxylation is 1. The number of nitrogens with one attached hydrogen (secondary N) is 1. The number of H-pyrrole nitrogens is 1. The summed E-state index contributed by atoms with van der Waals surface area (Å²) >= 11 is 0. The van der Waals surface area contributed by atoms with Crippen molar-refractivity contribution < 1.29 is 0 Å². The van der Waals surface area contributed by atoms with E-state index < -0.39 is 0 Å². The minimum absolute atomic E-state index is 0.0131. The number of rotatable bonds is 2. The predicted octanol–water partition coefficient (Wildman–Crippen LogP) is 2.47. The van der Waals surface area contributed by atoms with Crippen LogP contribution in [0.1, 0.15) is 32.4 Å². The van der Waals surface area contributed by atoms with Gasteiger partial charge in [0.05, 0.1) is 11.0 Å². The molecule has 2 aromatic rings. The van der Waals surface area contributed by atoms with Crippen molar-refractivity contribution in [2.45, 2.75) is 33.2 Å². The Hall–Kier alpha value is -1.51. The van der Waals surface area contributed by atoms with Crippen molar-refractivity contribution >= 4 is 11.0 Å². The Labute approximate surface area is 88.7 Å². The van der Waals surface area contributed by atoms with Crippen molar-refractivity contribution in [2.24, 2.45) is 0 Å².